The molecule has 100 valence electrons. The van der Waals surface area contributed by atoms with Crippen LogP contribution in [0.25, 0.3) is 0 Å². The molecule has 3 heteroatoms. The highest BCUT2D eigenvalue weighted by molar-refractivity contribution is 5.73. The van der Waals surface area contributed by atoms with Crippen molar-refractivity contribution in [2.24, 2.45) is 23.7 Å². The first-order chi connectivity index (χ1) is 7.97. The maximum absolute atomic E-state index is 11.7. The Morgan fingerprint density at radius 1 is 1.24 bits per heavy atom. The van der Waals surface area contributed by atoms with Gasteiger partial charge in [-0.15, -0.1) is 0 Å². The Hall–Kier alpha value is -0.570. The Labute approximate surface area is 105 Å². The number of aliphatic hydroxyl groups excluding tert-OH is 1. The van der Waals surface area contributed by atoms with Gasteiger partial charge in [0.25, 0.3) is 0 Å². The van der Waals surface area contributed by atoms with Crippen LogP contribution in [0.4, 0.5) is 0 Å². The summed E-state index contributed by atoms with van der Waals surface area (Å²) in [6.07, 6.45) is 3.84. The molecule has 2 unspecified atom stereocenters. The van der Waals surface area contributed by atoms with Gasteiger partial charge < -0.3 is 9.84 Å². The molecule has 1 saturated carbocycles. The van der Waals surface area contributed by atoms with Crippen LogP contribution in [0.2, 0.25) is 0 Å². The minimum absolute atomic E-state index is 0.122. The lowest BCUT2D eigenvalue weighted by Gasteiger charge is -2.34. The third kappa shape index (κ3) is 3.70. The zero-order valence-electron chi connectivity index (χ0n) is 11.5. The molecule has 1 aliphatic carbocycles. The fourth-order valence-corrected chi connectivity index (χ4v) is 2.86. The molecule has 1 N–H and O–H groups in total. The van der Waals surface area contributed by atoms with E-state index in [-0.39, 0.29) is 23.7 Å². The summed E-state index contributed by atoms with van der Waals surface area (Å²) in [4.78, 5) is 11.7. The van der Waals surface area contributed by atoms with E-state index in [0.717, 1.165) is 31.6 Å². The van der Waals surface area contributed by atoms with Crippen LogP contribution >= 0.6 is 0 Å². The molecule has 0 saturated heterocycles. The first-order valence-corrected chi connectivity index (χ1v) is 6.73. The molecule has 17 heavy (non-hydrogen) atoms. The second kappa shape index (κ2) is 6.39. The highest BCUT2D eigenvalue weighted by atomic mass is 16.5. The van der Waals surface area contributed by atoms with Gasteiger partial charge in [-0.05, 0) is 30.6 Å². The van der Waals surface area contributed by atoms with E-state index in [0.29, 0.717) is 0 Å². The Morgan fingerprint density at radius 3 is 2.18 bits per heavy atom. The summed E-state index contributed by atoms with van der Waals surface area (Å²) in [7, 11) is 1.40. The summed E-state index contributed by atoms with van der Waals surface area (Å²) in [6.45, 7) is 6.19. The average molecular weight is 242 g/mol. The average Bonchev–Trinajstić information content (AvgIpc) is 2.29. The van der Waals surface area contributed by atoms with Crippen LogP contribution in [0.15, 0.2) is 0 Å². The molecule has 1 fully saturated rings. The Bertz CT molecular complexity index is 242. The van der Waals surface area contributed by atoms with E-state index in [1.807, 2.05) is 13.8 Å². The molecule has 2 atom stereocenters. The predicted molar refractivity (Wildman–Crippen MR) is 67.5 cm³/mol. The van der Waals surface area contributed by atoms with Crippen LogP contribution in [0.3, 0.4) is 0 Å². The van der Waals surface area contributed by atoms with Gasteiger partial charge in [0.1, 0.15) is 0 Å². The van der Waals surface area contributed by atoms with Crippen LogP contribution in [0.1, 0.15) is 46.5 Å². The molecular weight excluding hydrogens is 216 g/mol. The normalized spacial score (nSPS) is 28.8. The van der Waals surface area contributed by atoms with Crippen LogP contribution in [-0.4, -0.2) is 24.3 Å². The van der Waals surface area contributed by atoms with E-state index in [4.69, 9.17) is 4.74 Å². The zero-order valence-corrected chi connectivity index (χ0v) is 11.5. The smallest absolute Gasteiger partial charge is 0.311 e. The largest absolute Gasteiger partial charge is 0.469 e. The number of hydrogen-bond acceptors (Lipinski definition) is 3. The lowest BCUT2D eigenvalue weighted by molar-refractivity contribution is -0.154. The van der Waals surface area contributed by atoms with E-state index in [1.165, 1.54) is 7.11 Å². The quantitative estimate of drug-likeness (QED) is 0.771. The van der Waals surface area contributed by atoms with E-state index in [9.17, 15) is 9.90 Å². The number of esters is 1. The number of rotatable bonds is 4. The Balaban J connectivity index is 2.64. The Morgan fingerprint density at radius 2 is 1.76 bits per heavy atom. The fourth-order valence-electron chi connectivity index (χ4n) is 2.86. The van der Waals surface area contributed by atoms with Crippen molar-refractivity contribution in [3.05, 3.63) is 0 Å². The van der Waals surface area contributed by atoms with Crippen molar-refractivity contribution in [1.82, 2.24) is 0 Å². The minimum atomic E-state index is -0.546. The SMILES string of the molecule is COC(=O)C(C(C)C)C(O)C1CCC(C)CC1. The van der Waals surface area contributed by atoms with Gasteiger partial charge in [0.05, 0.1) is 19.1 Å². The summed E-state index contributed by atoms with van der Waals surface area (Å²) in [5.41, 5.74) is 0. The van der Waals surface area contributed by atoms with Gasteiger partial charge in [-0.2, -0.15) is 0 Å². The molecule has 0 heterocycles. The molecule has 0 aromatic rings. The van der Waals surface area contributed by atoms with Gasteiger partial charge in [-0.3, -0.25) is 4.79 Å². The summed E-state index contributed by atoms with van der Waals surface area (Å²) in [5.74, 6) is 0.494. The van der Waals surface area contributed by atoms with Crippen LogP contribution in [0, 0.1) is 23.7 Å². The van der Waals surface area contributed by atoms with Gasteiger partial charge in [0.2, 0.25) is 0 Å². The minimum Gasteiger partial charge on any atom is -0.469 e. The van der Waals surface area contributed by atoms with Crippen LogP contribution in [0.5, 0.6) is 0 Å². The highest BCUT2D eigenvalue weighted by Gasteiger charge is 2.36. The number of carbonyl (C=O) groups excluding carboxylic acids is 1. The first kappa shape index (κ1) is 14.5. The van der Waals surface area contributed by atoms with E-state index in [2.05, 4.69) is 6.92 Å². The van der Waals surface area contributed by atoms with Crippen molar-refractivity contribution in [3.8, 4) is 0 Å². The van der Waals surface area contributed by atoms with Gasteiger partial charge >= 0.3 is 5.97 Å². The van der Waals surface area contributed by atoms with Gasteiger partial charge in [0, 0.05) is 0 Å². The van der Waals surface area contributed by atoms with Crippen LogP contribution < -0.4 is 0 Å². The molecule has 1 aliphatic rings. The molecule has 0 amide bonds. The number of hydrogen-bond donors (Lipinski definition) is 1. The van der Waals surface area contributed by atoms with E-state index in [1.54, 1.807) is 0 Å². The molecule has 0 radical (unpaired) electrons. The third-order valence-corrected chi connectivity index (χ3v) is 4.10. The molecule has 0 aromatic heterocycles. The van der Waals surface area contributed by atoms with Crippen molar-refractivity contribution in [2.45, 2.75) is 52.6 Å². The summed E-state index contributed by atoms with van der Waals surface area (Å²) in [5, 5.41) is 10.4. The zero-order chi connectivity index (χ0) is 13.0. The van der Waals surface area contributed by atoms with E-state index >= 15 is 0 Å². The molecule has 0 aromatic carbocycles. The third-order valence-electron chi connectivity index (χ3n) is 4.10. The van der Waals surface area contributed by atoms with Gasteiger partial charge in [-0.25, -0.2) is 0 Å². The number of ether oxygens (including phenoxy) is 1. The lowest BCUT2D eigenvalue weighted by atomic mass is 9.74. The summed E-state index contributed by atoms with van der Waals surface area (Å²) in [6, 6.07) is 0. The van der Waals surface area contributed by atoms with E-state index < -0.39 is 6.10 Å². The van der Waals surface area contributed by atoms with Crippen LogP contribution in [-0.2, 0) is 9.53 Å². The molecule has 0 bridgehead atoms. The number of carbonyl (C=O) groups is 1. The van der Waals surface area contributed by atoms with Crippen molar-refractivity contribution < 1.29 is 14.6 Å². The maximum atomic E-state index is 11.7. The summed E-state index contributed by atoms with van der Waals surface area (Å²) >= 11 is 0. The second-order valence-electron chi connectivity index (χ2n) is 5.80. The number of aliphatic hydroxyl groups is 1. The van der Waals surface area contributed by atoms with Crippen molar-refractivity contribution in [1.29, 1.82) is 0 Å². The molecule has 0 aliphatic heterocycles. The monoisotopic (exact) mass is 242 g/mol. The maximum Gasteiger partial charge on any atom is 0.311 e. The van der Waals surface area contributed by atoms with Crippen molar-refractivity contribution in [2.75, 3.05) is 7.11 Å². The van der Waals surface area contributed by atoms with Crippen molar-refractivity contribution >= 4 is 5.97 Å². The topological polar surface area (TPSA) is 46.5 Å². The van der Waals surface area contributed by atoms with Gasteiger partial charge in [-0.1, -0.05) is 33.6 Å². The fraction of sp³-hybridized carbons (Fsp3) is 0.929. The van der Waals surface area contributed by atoms with Gasteiger partial charge in [0.15, 0.2) is 0 Å². The first-order valence-electron chi connectivity index (χ1n) is 6.73. The molecule has 1 rings (SSSR count). The molecule has 3 nitrogen and oxygen atoms in total. The highest BCUT2D eigenvalue weighted by Crippen LogP contribution is 2.34. The Kier molecular flexibility index (Phi) is 5.44. The summed E-state index contributed by atoms with van der Waals surface area (Å²) < 4.78 is 4.81. The van der Waals surface area contributed by atoms with Crippen molar-refractivity contribution in [3.63, 3.8) is 0 Å². The standard InChI is InChI=1S/C14H26O3/c1-9(2)12(14(16)17-4)13(15)11-7-5-10(3)6-8-11/h9-13,15H,5-8H2,1-4H3. The predicted octanol–water partition coefficient (Wildman–Crippen LogP) is 2.62. The molecule has 0 spiro atoms. The molecular formula is C14H26O3. The number of methoxy groups -OCH3 is 1. The second-order valence-corrected chi connectivity index (χ2v) is 5.80. The lowest BCUT2D eigenvalue weighted by Crippen LogP contribution is -2.39.